The van der Waals surface area contributed by atoms with Crippen LogP contribution in [0, 0.1) is 0 Å². The van der Waals surface area contributed by atoms with Gasteiger partial charge in [0.15, 0.2) is 0 Å². The van der Waals surface area contributed by atoms with Gasteiger partial charge < -0.3 is 42.7 Å². The highest BCUT2D eigenvalue weighted by Crippen LogP contribution is 1.93. The highest BCUT2D eigenvalue weighted by molar-refractivity contribution is 5.93. The number of aliphatic hydroxyl groups excluding tert-OH is 2. The molecule has 13 heteroatoms. The molecule has 4 atom stereocenters. The van der Waals surface area contributed by atoms with E-state index in [9.17, 15) is 29.1 Å². The summed E-state index contributed by atoms with van der Waals surface area (Å²) in [6.07, 6.45) is -1.83. The summed E-state index contributed by atoms with van der Waals surface area (Å²) in [4.78, 5) is 56.7. The summed E-state index contributed by atoms with van der Waals surface area (Å²) in [6.45, 7) is -0.241. The van der Waals surface area contributed by atoms with Crippen LogP contribution in [0.2, 0.25) is 0 Å². The molecule has 0 aromatic heterocycles. The molecule has 26 heavy (non-hydrogen) atoms. The Morgan fingerprint density at radius 1 is 1.04 bits per heavy atom. The van der Waals surface area contributed by atoms with E-state index in [1.807, 2.05) is 5.32 Å². The summed E-state index contributed by atoms with van der Waals surface area (Å²) in [5, 5.41) is 33.3. The van der Waals surface area contributed by atoms with E-state index >= 15 is 0 Å². The van der Waals surface area contributed by atoms with Gasteiger partial charge in [-0.25, -0.2) is 4.79 Å². The van der Waals surface area contributed by atoms with Crippen LogP contribution in [0.4, 0.5) is 0 Å². The maximum atomic E-state index is 11.8. The van der Waals surface area contributed by atoms with Crippen LogP contribution in [-0.4, -0.2) is 82.3 Å². The minimum Gasteiger partial charge on any atom is -0.480 e. The molecule has 0 radical (unpaired) electrons. The predicted molar refractivity (Wildman–Crippen MR) is 85.1 cm³/mol. The fraction of sp³-hybridized carbons (Fsp3) is 0.615. The molecule has 0 spiro atoms. The number of hydrogen-bond donors (Lipinski definition) is 8. The largest absolute Gasteiger partial charge is 0.480 e. The minimum absolute atomic E-state index is 0.637. The molecular formula is C13H23N5O8. The van der Waals surface area contributed by atoms with Crippen molar-refractivity contribution >= 4 is 29.6 Å². The zero-order valence-corrected chi connectivity index (χ0v) is 14.0. The Hall–Kier alpha value is -2.77. The van der Waals surface area contributed by atoms with Gasteiger partial charge in [-0.05, 0) is 6.92 Å². The second-order valence-corrected chi connectivity index (χ2v) is 5.36. The average Bonchev–Trinajstić information content (AvgIpc) is 2.55. The lowest BCUT2D eigenvalue weighted by Crippen LogP contribution is -2.56. The van der Waals surface area contributed by atoms with Crippen LogP contribution >= 0.6 is 0 Å². The van der Waals surface area contributed by atoms with Gasteiger partial charge in [0.2, 0.25) is 23.6 Å². The molecule has 4 unspecified atom stereocenters. The molecule has 0 aliphatic carbocycles. The van der Waals surface area contributed by atoms with E-state index in [1.165, 1.54) is 6.92 Å². The lowest BCUT2D eigenvalue weighted by atomic mass is 10.1. The molecule has 0 aliphatic heterocycles. The zero-order chi connectivity index (χ0) is 20.4. The van der Waals surface area contributed by atoms with Gasteiger partial charge in [-0.3, -0.25) is 19.2 Å². The third kappa shape index (κ3) is 8.36. The Morgan fingerprint density at radius 3 is 2.04 bits per heavy atom. The number of amides is 4. The molecule has 0 heterocycles. The van der Waals surface area contributed by atoms with Gasteiger partial charge in [0.05, 0.1) is 25.7 Å². The Bertz CT molecular complexity index is 553. The van der Waals surface area contributed by atoms with Crippen LogP contribution in [0.1, 0.15) is 13.3 Å². The van der Waals surface area contributed by atoms with Crippen molar-refractivity contribution < 1.29 is 39.3 Å². The van der Waals surface area contributed by atoms with Crippen molar-refractivity contribution in [2.45, 2.75) is 37.6 Å². The molecule has 0 saturated heterocycles. The fourth-order valence-electron chi connectivity index (χ4n) is 1.62. The first kappa shape index (κ1) is 23.2. The van der Waals surface area contributed by atoms with E-state index in [1.54, 1.807) is 0 Å². The molecule has 0 aromatic carbocycles. The van der Waals surface area contributed by atoms with Crippen LogP contribution < -0.4 is 27.4 Å². The van der Waals surface area contributed by atoms with Crippen LogP contribution in [0.5, 0.6) is 0 Å². The molecule has 13 nitrogen and oxygen atoms in total. The SMILES string of the molecule is CC(O)C(N)C(=O)NC(CO)C(=O)NCC(=O)NC(CC(N)=O)C(=O)O. The second kappa shape index (κ2) is 11.0. The maximum Gasteiger partial charge on any atom is 0.326 e. The minimum atomic E-state index is -1.56. The molecule has 0 saturated carbocycles. The van der Waals surface area contributed by atoms with Gasteiger partial charge in [-0.2, -0.15) is 0 Å². The Kier molecular flexibility index (Phi) is 9.80. The molecule has 0 aromatic rings. The van der Waals surface area contributed by atoms with E-state index in [0.29, 0.717) is 0 Å². The molecule has 0 bridgehead atoms. The monoisotopic (exact) mass is 377 g/mol. The lowest BCUT2D eigenvalue weighted by molar-refractivity contribution is -0.143. The van der Waals surface area contributed by atoms with E-state index in [2.05, 4.69) is 10.6 Å². The number of primary amides is 1. The van der Waals surface area contributed by atoms with Crippen molar-refractivity contribution in [1.29, 1.82) is 0 Å². The number of carbonyl (C=O) groups excluding carboxylic acids is 4. The fourth-order valence-corrected chi connectivity index (χ4v) is 1.62. The van der Waals surface area contributed by atoms with E-state index in [0.717, 1.165) is 0 Å². The Morgan fingerprint density at radius 2 is 1.62 bits per heavy atom. The highest BCUT2D eigenvalue weighted by atomic mass is 16.4. The Labute approximate surface area is 148 Å². The number of nitrogens with two attached hydrogens (primary N) is 2. The van der Waals surface area contributed by atoms with Crippen molar-refractivity contribution in [2.75, 3.05) is 13.2 Å². The van der Waals surface area contributed by atoms with Crippen LogP contribution in [0.25, 0.3) is 0 Å². The molecule has 148 valence electrons. The van der Waals surface area contributed by atoms with Crippen LogP contribution in [0.3, 0.4) is 0 Å². The third-order valence-corrected chi connectivity index (χ3v) is 3.10. The average molecular weight is 377 g/mol. The van der Waals surface area contributed by atoms with Gasteiger partial charge in [-0.15, -0.1) is 0 Å². The number of rotatable bonds is 11. The first-order chi connectivity index (χ1) is 12.0. The summed E-state index contributed by atoms with van der Waals surface area (Å²) < 4.78 is 0. The van der Waals surface area contributed by atoms with E-state index in [-0.39, 0.29) is 0 Å². The zero-order valence-electron chi connectivity index (χ0n) is 14.0. The Balaban J connectivity index is 4.59. The van der Waals surface area contributed by atoms with E-state index < -0.39 is 73.4 Å². The van der Waals surface area contributed by atoms with Gasteiger partial charge in [-0.1, -0.05) is 0 Å². The summed E-state index contributed by atoms with van der Waals surface area (Å²) in [5.41, 5.74) is 10.2. The number of hydrogen-bond acceptors (Lipinski definition) is 8. The number of aliphatic carboxylic acids is 1. The van der Waals surface area contributed by atoms with Gasteiger partial charge in [0.1, 0.15) is 18.1 Å². The molecule has 4 amide bonds. The first-order valence-corrected chi connectivity index (χ1v) is 7.42. The summed E-state index contributed by atoms with van der Waals surface area (Å²) in [6, 6.07) is -4.33. The third-order valence-electron chi connectivity index (χ3n) is 3.10. The van der Waals surface area contributed by atoms with Gasteiger partial charge in [0.25, 0.3) is 0 Å². The molecule has 0 rings (SSSR count). The summed E-state index contributed by atoms with van der Waals surface area (Å²) in [5.74, 6) is -5.22. The van der Waals surface area contributed by atoms with Crippen molar-refractivity contribution in [3.8, 4) is 0 Å². The quantitative estimate of drug-likeness (QED) is 0.171. The maximum absolute atomic E-state index is 11.8. The number of carboxylic acids is 1. The summed E-state index contributed by atoms with van der Waals surface area (Å²) in [7, 11) is 0. The van der Waals surface area contributed by atoms with Gasteiger partial charge >= 0.3 is 5.97 Å². The predicted octanol–water partition coefficient (Wildman–Crippen LogP) is -5.27. The van der Waals surface area contributed by atoms with Crippen molar-refractivity contribution in [3.63, 3.8) is 0 Å². The smallest absolute Gasteiger partial charge is 0.326 e. The molecule has 0 fully saturated rings. The number of aliphatic hydroxyl groups is 2. The normalized spacial score (nSPS) is 15.1. The van der Waals surface area contributed by atoms with E-state index in [4.69, 9.17) is 21.7 Å². The van der Waals surface area contributed by atoms with Crippen LogP contribution in [-0.2, 0) is 24.0 Å². The van der Waals surface area contributed by atoms with Crippen molar-refractivity contribution in [1.82, 2.24) is 16.0 Å². The highest BCUT2D eigenvalue weighted by Gasteiger charge is 2.26. The topological polar surface area (TPSA) is 234 Å². The number of nitrogens with one attached hydrogen (secondary N) is 3. The standard InChI is InChI=1S/C13H23N5O8/c1-5(20)10(15)12(24)18-7(4-19)11(23)16-3-9(22)17-6(13(25)26)2-8(14)21/h5-7,10,19-20H,2-4,15H2,1H3,(H2,14,21)(H,16,23)(H,17,22)(H,18,24)(H,25,26). The molecule has 10 N–H and O–H groups in total. The van der Waals surface area contributed by atoms with Crippen molar-refractivity contribution in [3.05, 3.63) is 0 Å². The number of carbonyl (C=O) groups is 5. The van der Waals surface area contributed by atoms with Gasteiger partial charge in [0, 0.05) is 0 Å². The summed E-state index contributed by atoms with van der Waals surface area (Å²) >= 11 is 0. The van der Waals surface area contributed by atoms with Crippen LogP contribution in [0.15, 0.2) is 0 Å². The second-order valence-electron chi connectivity index (χ2n) is 5.36. The number of carboxylic acid groups (broad SMARTS) is 1. The molecule has 0 aliphatic rings. The first-order valence-electron chi connectivity index (χ1n) is 7.42. The van der Waals surface area contributed by atoms with Crippen molar-refractivity contribution in [2.24, 2.45) is 11.5 Å². The molecular weight excluding hydrogens is 354 g/mol. The lowest BCUT2D eigenvalue weighted by Gasteiger charge is -2.20.